The minimum atomic E-state index is -0.0180. The molecule has 0 spiro atoms. The Morgan fingerprint density at radius 3 is 3.07 bits per heavy atom. The summed E-state index contributed by atoms with van der Waals surface area (Å²) in [6.45, 7) is 1.85. The van der Waals surface area contributed by atoms with Gasteiger partial charge in [-0.1, -0.05) is 11.6 Å². The van der Waals surface area contributed by atoms with E-state index in [0.717, 1.165) is 19.5 Å². The predicted octanol–water partition coefficient (Wildman–Crippen LogP) is 1.49. The van der Waals surface area contributed by atoms with Crippen molar-refractivity contribution in [3.05, 3.63) is 21.3 Å². The molecule has 1 aromatic rings. The molecule has 1 aliphatic heterocycles. The van der Waals surface area contributed by atoms with Gasteiger partial charge in [-0.2, -0.15) is 0 Å². The molecule has 0 saturated carbocycles. The Morgan fingerprint density at radius 1 is 1.64 bits per heavy atom. The van der Waals surface area contributed by atoms with Crippen LogP contribution in [0.4, 0.5) is 0 Å². The van der Waals surface area contributed by atoms with Crippen LogP contribution in [0.3, 0.4) is 0 Å². The van der Waals surface area contributed by atoms with Crippen LogP contribution in [0.25, 0.3) is 0 Å². The molecule has 0 aliphatic carbocycles. The molecule has 14 heavy (non-hydrogen) atoms. The van der Waals surface area contributed by atoms with Crippen molar-refractivity contribution in [1.82, 2.24) is 10.6 Å². The molecule has 1 saturated heterocycles. The summed E-state index contributed by atoms with van der Waals surface area (Å²) < 4.78 is 0.652. The summed E-state index contributed by atoms with van der Waals surface area (Å²) in [5.41, 5.74) is 0. The Balaban J connectivity index is 1.95. The van der Waals surface area contributed by atoms with Crippen molar-refractivity contribution in [3.8, 4) is 0 Å². The van der Waals surface area contributed by atoms with Gasteiger partial charge in [-0.15, -0.1) is 11.3 Å². The summed E-state index contributed by atoms with van der Waals surface area (Å²) in [7, 11) is 0. The summed E-state index contributed by atoms with van der Waals surface area (Å²) in [5, 5.41) is 6.16. The number of hydrogen-bond acceptors (Lipinski definition) is 3. The molecule has 0 unspecified atom stereocenters. The molecule has 0 bridgehead atoms. The van der Waals surface area contributed by atoms with Crippen molar-refractivity contribution >= 4 is 28.8 Å². The number of thiophene rings is 1. The van der Waals surface area contributed by atoms with E-state index < -0.39 is 0 Å². The van der Waals surface area contributed by atoms with Crippen LogP contribution in [0.2, 0.25) is 4.34 Å². The highest BCUT2D eigenvalue weighted by molar-refractivity contribution is 7.17. The van der Waals surface area contributed by atoms with Gasteiger partial charge in [0, 0.05) is 12.6 Å². The zero-order valence-corrected chi connectivity index (χ0v) is 9.12. The summed E-state index contributed by atoms with van der Waals surface area (Å²) in [6, 6.07) is 3.77. The fourth-order valence-corrected chi connectivity index (χ4v) is 2.42. The largest absolute Gasteiger partial charge is 0.347 e. The van der Waals surface area contributed by atoms with Crippen LogP contribution < -0.4 is 10.6 Å². The second kappa shape index (κ2) is 4.29. The van der Waals surface area contributed by atoms with E-state index in [0.29, 0.717) is 9.21 Å². The third-order valence-electron chi connectivity index (χ3n) is 2.19. The third kappa shape index (κ3) is 2.26. The highest BCUT2D eigenvalue weighted by Gasteiger charge is 2.18. The maximum absolute atomic E-state index is 11.6. The Bertz CT molecular complexity index is 333. The molecule has 5 heteroatoms. The lowest BCUT2D eigenvalue weighted by Gasteiger charge is -2.09. The first kappa shape index (κ1) is 9.96. The van der Waals surface area contributed by atoms with E-state index in [2.05, 4.69) is 10.6 Å². The lowest BCUT2D eigenvalue weighted by Crippen LogP contribution is -2.35. The standard InChI is InChI=1S/C9H11ClN2OS/c10-8-2-1-7(14-8)9(13)12-6-3-4-11-5-6/h1-2,6,11H,3-5H2,(H,12,13)/t6-/m1/s1. The fraction of sp³-hybridized carbons (Fsp3) is 0.444. The van der Waals surface area contributed by atoms with Gasteiger partial charge in [0.05, 0.1) is 9.21 Å². The zero-order chi connectivity index (χ0) is 9.97. The molecule has 1 fully saturated rings. The molecule has 1 atom stereocenters. The average Bonchev–Trinajstić information content (AvgIpc) is 2.75. The summed E-state index contributed by atoms with van der Waals surface area (Å²) in [4.78, 5) is 12.3. The van der Waals surface area contributed by atoms with Crippen molar-refractivity contribution in [2.45, 2.75) is 12.5 Å². The summed E-state index contributed by atoms with van der Waals surface area (Å²) in [6.07, 6.45) is 1.00. The smallest absolute Gasteiger partial charge is 0.261 e. The van der Waals surface area contributed by atoms with E-state index in [1.807, 2.05) is 0 Å². The van der Waals surface area contributed by atoms with Gasteiger partial charge in [0.25, 0.3) is 5.91 Å². The first-order valence-corrected chi connectivity index (χ1v) is 5.72. The van der Waals surface area contributed by atoms with Gasteiger partial charge in [0.2, 0.25) is 0 Å². The van der Waals surface area contributed by atoms with Crippen LogP contribution in [-0.2, 0) is 0 Å². The van der Waals surface area contributed by atoms with Gasteiger partial charge in [-0.3, -0.25) is 4.79 Å². The quantitative estimate of drug-likeness (QED) is 0.809. The van der Waals surface area contributed by atoms with Crippen molar-refractivity contribution in [1.29, 1.82) is 0 Å². The summed E-state index contributed by atoms with van der Waals surface area (Å²) >= 11 is 7.06. The summed E-state index contributed by atoms with van der Waals surface area (Å²) in [5.74, 6) is -0.0180. The van der Waals surface area contributed by atoms with Gasteiger partial charge in [-0.25, -0.2) is 0 Å². The van der Waals surface area contributed by atoms with Crippen LogP contribution in [0, 0.1) is 0 Å². The molecule has 1 amide bonds. The van der Waals surface area contributed by atoms with Crippen LogP contribution in [0.1, 0.15) is 16.1 Å². The van der Waals surface area contributed by atoms with Gasteiger partial charge in [0.15, 0.2) is 0 Å². The van der Waals surface area contributed by atoms with E-state index in [4.69, 9.17) is 11.6 Å². The maximum Gasteiger partial charge on any atom is 0.261 e. The van der Waals surface area contributed by atoms with Crippen molar-refractivity contribution in [2.24, 2.45) is 0 Å². The highest BCUT2D eigenvalue weighted by Crippen LogP contribution is 2.21. The Hall–Kier alpha value is -0.580. The minimum Gasteiger partial charge on any atom is -0.347 e. The third-order valence-corrected chi connectivity index (χ3v) is 3.42. The van der Waals surface area contributed by atoms with Crippen LogP contribution in [-0.4, -0.2) is 25.0 Å². The molecule has 2 heterocycles. The van der Waals surface area contributed by atoms with Crippen LogP contribution in [0.15, 0.2) is 12.1 Å². The number of amides is 1. The van der Waals surface area contributed by atoms with E-state index in [-0.39, 0.29) is 11.9 Å². The molecular weight excluding hydrogens is 220 g/mol. The molecule has 1 aliphatic rings. The van der Waals surface area contributed by atoms with E-state index >= 15 is 0 Å². The van der Waals surface area contributed by atoms with E-state index in [9.17, 15) is 4.79 Å². The van der Waals surface area contributed by atoms with Crippen molar-refractivity contribution in [2.75, 3.05) is 13.1 Å². The normalized spacial score (nSPS) is 21.1. The Morgan fingerprint density at radius 2 is 2.50 bits per heavy atom. The molecule has 2 rings (SSSR count). The second-order valence-electron chi connectivity index (χ2n) is 3.27. The molecule has 0 aromatic carbocycles. The van der Waals surface area contributed by atoms with Gasteiger partial charge in [-0.05, 0) is 25.1 Å². The molecule has 76 valence electrons. The van der Waals surface area contributed by atoms with Gasteiger partial charge in [0.1, 0.15) is 0 Å². The Labute approximate surface area is 91.5 Å². The monoisotopic (exact) mass is 230 g/mol. The van der Waals surface area contributed by atoms with E-state index in [1.54, 1.807) is 12.1 Å². The minimum absolute atomic E-state index is 0.0180. The fourth-order valence-electron chi connectivity index (χ4n) is 1.47. The molecule has 0 radical (unpaired) electrons. The lowest BCUT2D eigenvalue weighted by molar-refractivity contribution is 0.0944. The first-order chi connectivity index (χ1) is 6.75. The zero-order valence-electron chi connectivity index (χ0n) is 7.55. The van der Waals surface area contributed by atoms with Gasteiger partial charge < -0.3 is 10.6 Å². The van der Waals surface area contributed by atoms with Gasteiger partial charge >= 0.3 is 0 Å². The molecule has 1 aromatic heterocycles. The van der Waals surface area contributed by atoms with Crippen molar-refractivity contribution < 1.29 is 4.79 Å². The number of hydrogen-bond donors (Lipinski definition) is 2. The number of nitrogens with one attached hydrogen (secondary N) is 2. The highest BCUT2D eigenvalue weighted by atomic mass is 35.5. The first-order valence-electron chi connectivity index (χ1n) is 4.52. The molecule has 2 N–H and O–H groups in total. The number of carbonyl (C=O) groups is 1. The Kier molecular flexibility index (Phi) is 3.05. The average molecular weight is 231 g/mol. The number of halogens is 1. The number of carbonyl (C=O) groups excluding carboxylic acids is 1. The predicted molar refractivity (Wildman–Crippen MR) is 58.1 cm³/mol. The SMILES string of the molecule is O=C(N[C@@H]1CCNC1)c1ccc(Cl)s1. The molecule has 3 nitrogen and oxygen atoms in total. The topological polar surface area (TPSA) is 41.1 Å². The van der Waals surface area contributed by atoms with Crippen LogP contribution >= 0.6 is 22.9 Å². The van der Waals surface area contributed by atoms with Crippen molar-refractivity contribution in [3.63, 3.8) is 0 Å². The number of rotatable bonds is 2. The lowest BCUT2D eigenvalue weighted by atomic mass is 10.2. The maximum atomic E-state index is 11.6. The van der Waals surface area contributed by atoms with Crippen LogP contribution in [0.5, 0.6) is 0 Å². The van der Waals surface area contributed by atoms with E-state index in [1.165, 1.54) is 11.3 Å². The second-order valence-corrected chi connectivity index (χ2v) is 4.98. The molecular formula is C9H11ClN2OS.